The molecule has 6 amide bonds. The molecular formula is C56H76ClF6N7O11. The number of rotatable bonds is 16. The Kier molecular flexibility index (Phi) is 21.3. The Morgan fingerprint density at radius 1 is 0.654 bits per heavy atom. The van der Waals surface area contributed by atoms with E-state index in [2.05, 4.69) is 10.6 Å². The maximum Gasteiger partial charge on any atom is 0.519 e. The summed E-state index contributed by atoms with van der Waals surface area (Å²) in [6, 6.07) is 2.48. The summed E-state index contributed by atoms with van der Waals surface area (Å²) in [5.41, 5.74) is -6.13. The van der Waals surface area contributed by atoms with E-state index >= 15 is 0 Å². The minimum atomic E-state index is -4.90. The smallest absolute Gasteiger partial charge is 0.476 e. The van der Waals surface area contributed by atoms with Crippen molar-refractivity contribution in [1.29, 1.82) is 0 Å². The zero-order chi connectivity index (χ0) is 59.4. The molecule has 1 aromatic heterocycles. The van der Waals surface area contributed by atoms with Crippen molar-refractivity contribution in [3.05, 3.63) is 68.7 Å². The number of anilines is 2. The predicted molar refractivity (Wildman–Crippen MR) is 291 cm³/mol. The molecule has 2 fully saturated rings. The summed E-state index contributed by atoms with van der Waals surface area (Å²) in [5.74, 6) is -3.39. The maximum atomic E-state index is 14.5. The van der Waals surface area contributed by atoms with Crippen molar-refractivity contribution >= 4 is 59.2 Å². The van der Waals surface area contributed by atoms with Gasteiger partial charge in [-0.15, -0.1) is 12.4 Å². The van der Waals surface area contributed by atoms with Crippen molar-refractivity contribution in [3.63, 3.8) is 0 Å². The minimum absolute atomic E-state index is 0. The van der Waals surface area contributed by atoms with Crippen molar-refractivity contribution in [1.82, 2.24) is 25.3 Å². The standard InChI is InChI=1S/C30H39F3N4O7.C26H36F3N3O4.ClH/c1-7-25(38)34-10-12-36-22-13-20(21(30(31,32)33)14-23(22)44-29(5,6)27(36)40)26(39)37(17(2)3)19-9-8-11-35(15-19)16-24-18(4)42-28(41)43-24;1-6-22(33)30-12-13-31-20-14-18(23(34)32(16(2)3)17-10-8-7-9-11-17)19(26(27,28)29)15-21(20)36-25(4,5)24(31)35;/h13-14,17,19H,7-12,15-16H2,1-6H3,(H,34,38);14-17H,6-13H2,1-5H3,(H,30,33);1H/t19-;;/m1../s1. The molecule has 81 heavy (non-hydrogen) atoms. The highest BCUT2D eigenvalue weighted by Crippen LogP contribution is 2.47. The second-order valence-electron chi connectivity index (χ2n) is 22.1. The molecule has 1 atom stereocenters. The van der Waals surface area contributed by atoms with Gasteiger partial charge in [0.15, 0.2) is 17.0 Å². The van der Waals surface area contributed by atoms with Crippen molar-refractivity contribution in [2.24, 2.45) is 0 Å². The first-order valence-corrected chi connectivity index (χ1v) is 27.3. The molecule has 18 nitrogen and oxygen atoms in total. The highest BCUT2D eigenvalue weighted by Gasteiger charge is 2.48. The predicted octanol–water partition coefficient (Wildman–Crippen LogP) is 9.45. The summed E-state index contributed by atoms with van der Waals surface area (Å²) >= 11 is 0. The summed E-state index contributed by atoms with van der Waals surface area (Å²) in [7, 11) is 0. The number of carbonyl (C=O) groups is 6. The third-order valence-corrected chi connectivity index (χ3v) is 14.7. The van der Waals surface area contributed by atoms with E-state index in [-0.39, 0.29) is 105 Å². The van der Waals surface area contributed by atoms with Gasteiger partial charge in [0.2, 0.25) is 11.8 Å². The molecule has 0 bridgehead atoms. The van der Waals surface area contributed by atoms with Crippen molar-refractivity contribution in [2.75, 3.05) is 49.1 Å². The van der Waals surface area contributed by atoms with E-state index in [1.165, 1.54) is 42.4 Å². The summed E-state index contributed by atoms with van der Waals surface area (Å²) in [6.07, 6.45) is -3.61. The first kappa shape index (κ1) is 65.5. The number of ether oxygens (including phenoxy) is 2. The number of nitrogens with one attached hydrogen (secondary N) is 2. The summed E-state index contributed by atoms with van der Waals surface area (Å²) in [4.78, 5) is 96.9. The van der Waals surface area contributed by atoms with Gasteiger partial charge in [-0.25, -0.2) is 4.79 Å². The van der Waals surface area contributed by atoms with Crippen LogP contribution < -0.4 is 35.7 Å². The van der Waals surface area contributed by atoms with Gasteiger partial charge in [-0.2, -0.15) is 26.3 Å². The summed E-state index contributed by atoms with van der Waals surface area (Å²) in [5, 5.41) is 5.35. The van der Waals surface area contributed by atoms with Crippen molar-refractivity contribution in [2.45, 2.75) is 188 Å². The Hall–Kier alpha value is -6.30. The van der Waals surface area contributed by atoms with E-state index in [4.69, 9.17) is 18.3 Å². The number of hydrogen-bond donors (Lipinski definition) is 2. The van der Waals surface area contributed by atoms with Crippen molar-refractivity contribution < 1.29 is 73.4 Å². The van der Waals surface area contributed by atoms with Crippen LogP contribution >= 0.6 is 12.4 Å². The van der Waals surface area contributed by atoms with Crippen LogP contribution in [0, 0.1) is 6.92 Å². The number of amides is 6. The second kappa shape index (κ2) is 26.3. The van der Waals surface area contributed by atoms with Crippen LogP contribution in [0.3, 0.4) is 0 Å². The highest BCUT2D eigenvalue weighted by molar-refractivity contribution is 6.06. The van der Waals surface area contributed by atoms with Crippen LogP contribution in [0.2, 0.25) is 0 Å². The van der Waals surface area contributed by atoms with Gasteiger partial charge in [-0.05, 0) is 119 Å². The Morgan fingerprint density at radius 3 is 1.46 bits per heavy atom. The van der Waals surface area contributed by atoms with Crippen LogP contribution in [0.5, 0.6) is 11.5 Å². The van der Waals surface area contributed by atoms with Crippen LogP contribution in [-0.2, 0) is 38.1 Å². The average Bonchev–Trinajstić information content (AvgIpc) is 3.70. The van der Waals surface area contributed by atoms with Gasteiger partial charge in [-0.3, -0.25) is 33.7 Å². The number of likely N-dealkylation sites (tertiary alicyclic amines) is 1. The SMILES string of the molecule is CCC(=O)NCCN1C(=O)C(C)(C)Oc2cc(C(F)(F)F)c(C(=O)N(C(C)C)C3CCCCC3)cc21.CCC(=O)NCCN1C(=O)C(C)(C)Oc2cc(C(F)(F)F)c(C(=O)N(C(C)C)[C@@H]3CCCN(Cc4oc(=O)oc4C)C3)cc21.Cl. The number of benzene rings is 2. The summed E-state index contributed by atoms with van der Waals surface area (Å²) in [6.45, 7) is 19.3. The summed E-state index contributed by atoms with van der Waals surface area (Å²) < 4.78 is 108. The van der Waals surface area contributed by atoms with E-state index < -0.39 is 87.3 Å². The Balaban J connectivity index is 0.000000300. The molecule has 450 valence electrons. The van der Waals surface area contributed by atoms with Gasteiger partial charge in [0, 0.05) is 69.7 Å². The van der Waals surface area contributed by atoms with E-state index in [1.807, 2.05) is 4.90 Å². The monoisotopic (exact) mass is 1170 g/mol. The fourth-order valence-corrected chi connectivity index (χ4v) is 10.8. The molecule has 25 heteroatoms. The molecule has 3 aromatic rings. The van der Waals surface area contributed by atoms with E-state index in [1.54, 1.807) is 53.4 Å². The fraction of sp³-hybridized carbons (Fsp3) is 0.625. The fourth-order valence-electron chi connectivity index (χ4n) is 10.8. The highest BCUT2D eigenvalue weighted by atomic mass is 35.5. The first-order chi connectivity index (χ1) is 37.3. The van der Waals surface area contributed by atoms with Crippen LogP contribution in [0.1, 0.15) is 170 Å². The number of nitrogens with zero attached hydrogens (tertiary/aromatic N) is 5. The third kappa shape index (κ3) is 15.2. The van der Waals surface area contributed by atoms with Gasteiger partial charge in [0.25, 0.3) is 23.6 Å². The molecule has 4 heterocycles. The zero-order valence-corrected chi connectivity index (χ0v) is 48.7. The molecule has 0 unspecified atom stereocenters. The minimum Gasteiger partial charge on any atom is -0.476 e. The quantitative estimate of drug-likeness (QED) is 0.129. The van der Waals surface area contributed by atoms with Gasteiger partial charge in [0.05, 0.1) is 40.2 Å². The van der Waals surface area contributed by atoms with Gasteiger partial charge in [-0.1, -0.05) is 33.1 Å². The number of piperidine rings is 1. The third-order valence-electron chi connectivity index (χ3n) is 14.7. The lowest BCUT2D eigenvalue weighted by molar-refractivity contribution is -0.139. The molecule has 1 aliphatic carbocycles. The number of halogens is 7. The van der Waals surface area contributed by atoms with Crippen LogP contribution in [-0.4, -0.2) is 125 Å². The first-order valence-electron chi connectivity index (χ1n) is 27.3. The zero-order valence-electron chi connectivity index (χ0n) is 47.8. The second-order valence-corrected chi connectivity index (χ2v) is 22.1. The molecule has 0 radical (unpaired) electrons. The molecule has 1 saturated carbocycles. The number of aryl methyl sites for hydroxylation is 1. The number of hydrogen-bond acceptors (Lipinski definition) is 12. The van der Waals surface area contributed by atoms with E-state index in [0.29, 0.717) is 37.5 Å². The van der Waals surface area contributed by atoms with Gasteiger partial charge >= 0.3 is 18.2 Å². The van der Waals surface area contributed by atoms with Crippen LogP contribution in [0.15, 0.2) is 37.9 Å². The largest absolute Gasteiger partial charge is 0.519 e. The molecule has 4 aliphatic rings. The average molecular weight is 1170 g/mol. The molecule has 3 aliphatic heterocycles. The van der Waals surface area contributed by atoms with E-state index in [0.717, 1.165) is 56.4 Å². The topological polar surface area (TPSA) is 204 Å². The van der Waals surface area contributed by atoms with Crippen LogP contribution in [0.4, 0.5) is 37.7 Å². The Bertz CT molecular complexity index is 2840. The lowest BCUT2D eigenvalue weighted by atomic mass is 9.92. The molecular weight excluding hydrogens is 1100 g/mol. The molecule has 2 N–H and O–H groups in total. The maximum absolute atomic E-state index is 14.5. The molecule has 1 saturated heterocycles. The number of alkyl halides is 6. The lowest BCUT2D eigenvalue weighted by Crippen LogP contribution is -2.54. The molecule has 7 rings (SSSR count). The van der Waals surface area contributed by atoms with Gasteiger partial charge < -0.3 is 48.5 Å². The van der Waals surface area contributed by atoms with E-state index in [9.17, 15) is 59.9 Å². The molecule has 2 aromatic carbocycles. The Labute approximate surface area is 473 Å². The Morgan fingerprint density at radius 2 is 1.07 bits per heavy atom. The van der Waals surface area contributed by atoms with Crippen molar-refractivity contribution in [3.8, 4) is 11.5 Å². The lowest BCUT2D eigenvalue weighted by Gasteiger charge is -2.42. The van der Waals surface area contributed by atoms with Gasteiger partial charge in [0.1, 0.15) is 17.3 Å². The van der Waals surface area contributed by atoms with Crippen LogP contribution in [0.25, 0.3) is 0 Å². The number of carbonyl (C=O) groups excluding carboxylic acids is 6. The number of fused-ring (bicyclic) bond motifs is 2. The normalized spacial score (nSPS) is 18.1. The molecule has 0 spiro atoms.